The van der Waals surface area contributed by atoms with Gasteiger partial charge in [-0.1, -0.05) is 0 Å². The number of nitrogens with one attached hydrogen (secondary N) is 3. The average molecular weight is 419 g/mol. The van der Waals surface area contributed by atoms with Crippen LogP contribution >= 0.6 is 0 Å². The second kappa shape index (κ2) is 7.58. The van der Waals surface area contributed by atoms with E-state index in [1.54, 1.807) is 21.3 Å². The first-order chi connectivity index (χ1) is 15.1. The molecule has 0 bridgehead atoms. The molecule has 2 aromatic heterocycles. The quantitative estimate of drug-likeness (QED) is 0.445. The second-order valence-electron chi connectivity index (χ2n) is 7.82. The molecule has 160 valence electrons. The van der Waals surface area contributed by atoms with Gasteiger partial charge in [0.05, 0.1) is 27.4 Å². The third-order valence-electron chi connectivity index (χ3n) is 6.09. The molecular formula is C24H25N3O4. The maximum atomic E-state index is 13.1. The molecule has 7 nitrogen and oxygen atoms in total. The minimum absolute atomic E-state index is 0.0647. The molecule has 2 aromatic carbocycles. The van der Waals surface area contributed by atoms with Gasteiger partial charge >= 0.3 is 0 Å². The van der Waals surface area contributed by atoms with Crippen molar-refractivity contribution in [3.05, 3.63) is 53.3 Å². The molecular weight excluding hydrogens is 394 g/mol. The highest BCUT2D eigenvalue weighted by atomic mass is 16.5. The zero-order valence-electron chi connectivity index (χ0n) is 17.8. The number of rotatable bonds is 5. The molecule has 1 unspecified atom stereocenters. The van der Waals surface area contributed by atoms with E-state index in [2.05, 4.69) is 21.4 Å². The Kier molecular flexibility index (Phi) is 4.73. The van der Waals surface area contributed by atoms with Crippen LogP contribution < -0.4 is 19.5 Å². The molecule has 1 amide bonds. The van der Waals surface area contributed by atoms with Crippen molar-refractivity contribution < 1.29 is 19.0 Å². The summed E-state index contributed by atoms with van der Waals surface area (Å²) in [7, 11) is 4.87. The van der Waals surface area contributed by atoms with Gasteiger partial charge in [-0.2, -0.15) is 0 Å². The maximum absolute atomic E-state index is 13.1. The largest absolute Gasteiger partial charge is 0.497 e. The van der Waals surface area contributed by atoms with Crippen LogP contribution in [0.1, 0.15) is 40.6 Å². The van der Waals surface area contributed by atoms with Gasteiger partial charge in [0.2, 0.25) is 0 Å². The van der Waals surface area contributed by atoms with Crippen LogP contribution in [0.2, 0.25) is 0 Å². The fourth-order valence-electron chi connectivity index (χ4n) is 4.53. The number of benzene rings is 2. The second-order valence-corrected chi connectivity index (χ2v) is 7.82. The third kappa shape index (κ3) is 3.26. The van der Waals surface area contributed by atoms with E-state index in [0.29, 0.717) is 17.2 Å². The van der Waals surface area contributed by atoms with Crippen LogP contribution in [0.15, 0.2) is 36.4 Å². The Morgan fingerprint density at radius 1 is 0.968 bits per heavy atom. The number of fused-ring (bicyclic) bond motifs is 4. The highest BCUT2D eigenvalue weighted by Gasteiger charge is 2.26. The Labute approximate surface area is 179 Å². The third-order valence-corrected chi connectivity index (χ3v) is 6.09. The number of methoxy groups -OCH3 is 3. The number of aromatic amines is 2. The smallest absolute Gasteiger partial charge is 0.268 e. The average Bonchev–Trinajstić information content (AvgIpc) is 3.39. The highest BCUT2D eigenvalue weighted by molar-refractivity contribution is 5.99. The van der Waals surface area contributed by atoms with Crippen molar-refractivity contribution in [3.8, 4) is 17.2 Å². The van der Waals surface area contributed by atoms with Gasteiger partial charge in [-0.15, -0.1) is 0 Å². The highest BCUT2D eigenvalue weighted by Crippen LogP contribution is 2.37. The summed E-state index contributed by atoms with van der Waals surface area (Å²) >= 11 is 0. The van der Waals surface area contributed by atoms with E-state index in [-0.39, 0.29) is 11.9 Å². The van der Waals surface area contributed by atoms with Crippen molar-refractivity contribution in [2.24, 2.45) is 0 Å². The van der Waals surface area contributed by atoms with Gasteiger partial charge in [0.1, 0.15) is 11.4 Å². The zero-order chi connectivity index (χ0) is 21.5. The fraction of sp³-hybridized carbons (Fsp3) is 0.292. The van der Waals surface area contributed by atoms with Crippen LogP contribution in [-0.4, -0.2) is 37.2 Å². The zero-order valence-corrected chi connectivity index (χ0v) is 17.8. The Morgan fingerprint density at radius 3 is 2.55 bits per heavy atom. The van der Waals surface area contributed by atoms with E-state index in [4.69, 9.17) is 14.2 Å². The Balaban J connectivity index is 1.45. The van der Waals surface area contributed by atoms with Crippen molar-refractivity contribution in [2.45, 2.75) is 25.3 Å². The molecule has 0 aliphatic heterocycles. The number of aryl methyl sites for hydroxylation is 1. The summed E-state index contributed by atoms with van der Waals surface area (Å²) < 4.78 is 16.1. The van der Waals surface area contributed by atoms with Crippen LogP contribution in [0.4, 0.5) is 0 Å². The van der Waals surface area contributed by atoms with Gasteiger partial charge in [0.25, 0.3) is 5.91 Å². The summed E-state index contributed by atoms with van der Waals surface area (Å²) in [6.45, 7) is 0. The van der Waals surface area contributed by atoms with Crippen molar-refractivity contribution in [2.75, 3.05) is 21.3 Å². The molecule has 0 fully saturated rings. The summed E-state index contributed by atoms with van der Waals surface area (Å²) in [5.74, 6) is 1.95. The lowest BCUT2D eigenvalue weighted by molar-refractivity contribution is 0.0927. The predicted octanol–water partition coefficient (Wildman–Crippen LogP) is 4.48. The summed E-state index contributed by atoms with van der Waals surface area (Å²) in [5, 5.41) is 5.26. The number of H-pyrrole nitrogens is 2. The van der Waals surface area contributed by atoms with Crippen molar-refractivity contribution in [1.82, 2.24) is 15.3 Å². The number of aromatic nitrogens is 2. The molecule has 3 N–H and O–H groups in total. The van der Waals surface area contributed by atoms with Crippen molar-refractivity contribution in [3.63, 3.8) is 0 Å². The van der Waals surface area contributed by atoms with Crippen LogP contribution in [0.5, 0.6) is 17.2 Å². The number of hydrogen-bond donors (Lipinski definition) is 3. The van der Waals surface area contributed by atoms with Gasteiger partial charge in [0, 0.05) is 33.6 Å². The minimum atomic E-state index is -0.136. The molecule has 7 heteroatoms. The first-order valence-electron chi connectivity index (χ1n) is 10.4. The predicted molar refractivity (Wildman–Crippen MR) is 119 cm³/mol. The van der Waals surface area contributed by atoms with E-state index < -0.39 is 0 Å². The normalized spacial score (nSPS) is 15.6. The van der Waals surface area contributed by atoms with Gasteiger partial charge in [0.15, 0.2) is 11.5 Å². The lowest BCUT2D eigenvalue weighted by atomic mass is 9.91. The molecule has 2 heterocycles. The van der Waals surface area contributed by atoms with E-state index in [1.807, 2.05) is 30.3 Å². The molecule has 1 aliphatic carbocycles. The van der Waals surface area contributed by atoms with Crippen LogP contribution in [-0.2, 0) is 6.42 Å². The van der Waals surface area contributed by atoms with Gasteiger partial charge in [-0.25, -0.2) is 0 Å². The number of hydrogen-bond acceptors (Lipinski definition) is 4. The molecule has 4 aromatic rings. The Hall–Kier alpha value is -3.61. The monoisotopic (exact) mass is 419 g/mol. The van der Waals surface area contributed by atoms with Crippen LogP contribution in [0.3, 0.4) is 0 Å². The Bertz CT molecular complexity index is 1250. The molecule has 1 atom stereocenters. The molecule has 0 saturated heterocycles. The van der Waals surface area contributed by atoms with Crippen molar-refractivity contribution in [1.29, 1.82) is 0 Å². The Morgan fingerprint density at radius 2 is 1.77 bits per heavy atom. The number of carbonyl (C=O) groups excluding carboxylic acids is 1. The SMILES string of the molecule is COc1ccc2[nH]c3c(c2c1)CCCC3NC(=O)c1cc2cc(OC)c(OC)cc2[nH]1. The van der Waals surface area contributed by atoms with Gasteiger partial charge in [-0.3, -0.25) is 4.79 Å². The van der Waals surface area contributed by atoms with E-state index in [1.165, 1.54) is 5.56 Å². The summed E-state index contributed by atoms with van der Waals surface area (Å²) in [6, 6.07) is 11.5. The van der Waals surface area contributed by atoms with Crippen LogP contribution in [0, 0.1) is 0 Å². The molecule has 5 rings (SSSR count). The molecule has 1 aliphatic rings. The number of ether oxygens (including phenoxy) is 3. The number of amides is 1. The van der Waals surface area contributed by atoms with Gasteiger partial charge in [-0.05, 0) is 55.2 Å². The van der Waals surface area contributed by atoms with E-state index in [0.717, 1.165) is 52.5 Å². The van der Waals surface area contributed by atoms with E-state index >= 15 is 0 Å². The lowest BCUT2D eigenvalue weighted by Crippen LogP contribution is -2.31. The maximum Gasteiger partial charge on any atom is 0.268 e. The fourth-order valence-corrected chi connectivity index (χ4v) is 4.53. The molecule has 0 spiro atoms. The summed E-state index contributed by atoms with van der Waals surface area (Å²) in [5.41, 5.74) is 4.75. The number of carbonyl (C=O) groups is 1. The molecule has 0 saturated carbocycles. The summed E-state index contributed by atoms with van der Waals surface area (Å²) in [6.07, 6.45) is 2.90. The minimum Gasteiger partial charge on any atom is -0.497 e. The van der Waals surface area contributed by atoms with Gasteiger partial charge < -0.3 is 29.5 Å². The topological polar surface area (TPSA) is 88.4 Å². The summed E-state index contributed by atoms with van der Waals surface area (Å²) in [4.78, 5) is 19.8. The lowest BCUT2D eigenvalue weighted by Gasteiger charge is -2.23. The standard InChI is InChI=1S/C24H25N3O4/c1-29-14-7-8-17-16(11-14)15-5-4-6-18(23(15)26-17)27-24(28)20-9-13-10-21(30-2)22(31-3)12-19(13)25-20/h7-12,18,25-26H,4-6H2,1-3H3,(H,27,28). The van der Waals surface area contributed by atoms with Crippen LogP contribution in [0.25, 0.3) is 21.8 Å². The van der Waals surface area contributed by atoms with E-state index in [9.17, 15) is 4.79 Å². The first-order valence-corrected chi connectivity index (χ1v) is 10.4. The molecule has 31 heavy (non-hydrogen) atoms. The first kappa shape index (κ1) is 19.4. The van der Waals surface area contributed by atoms with Crippen molar-refractivity contribution >= 4 is 27.7 Å². The molecule has 0 radical (unpaired) electrons.